The Bertz CT molecular complexity index is 2660. The molecule has 0 aliphatic heterocycles. The van der Waals surface area contributed by atoms with E-state index in [1.807, 2.05) is 0 Å². The summed E-state index contributed by atoms with van der Waals surface area (Å²) in [6, 6.07) is 0. The predicted octanol–water partition coefficient (Wildman–Crippen LogP) is 25.1. The second-order valence-electron chi connectivity index (χ2n) is 41.5. The zero-order valence-corrected chi connectivity index (χ0v) is 72.3. The molecule has 12 rings (SSSR count). The highest BCUT2D eigenvalue weighted by atomic mass is 16.5. The molecule has 0 heterocycles. The van der Waals surface area contributed by atoms with Gasteiger partial charge in [0.1, 0.15) is 0 Å². The maximum absolute atomic E-state index is 8.91. The van der Waals surface area contributed by atoms with Crippen LogP contribution < -0.4 is 0 Å². The third-order valence-corrected chi connectivity index (χ3v) is 34.0. The molecule has 0 amide bonds. The van der Waals surface area contributed by atoms with Crippen LogP contribution in [0.15, 0.2) is 0 Å². The molecule has 12 fully saturated rings. The first-order valence-electron chi connectivity index (χ1n) is 47.3. The molecule has 0 saturated heterocycles. The topological polar surface area (TPSA) is 92.3 Å². The van der Waals surface area contributed by atoms with Crippen LogP contribution in [0, 0.1) is 77.8 Å². The number of methoxy groups -OCH3 is 1. The molecule has 10 heteroatoms. The third-order valence-electron chi connectivity index (χ3n) is 34.0. The average molecular weight is 1480 g/mol. The zero-order valence-electron chi connectivity index (χ0n) is 72.3. The first-order chi connectivity index (χ1) is 51.1. The second kappa shape index (κ2) is 36.0. The smallest absolute Gasteiger partial charge is 0.0649 e. The van der Waals surface area contributed by atoms with Crippen molar-refractivity contribution < 1.29 is 47.4 Å². The van der Waals surface area contributed by atoms with E-state index in [4.69, 9.17) is 47.4 Å². The molecule has 0 aromatic rings. The highest BCUT2D eigenvalue weighted by Crippen LogP contribution is 2.92. The van der Waals surface area contributed by atoms with Crippen molar-refractivity contribution in [3.05, 3.63) is 0 Å². The molecule has 10 nitrogen and oxygen atoms in total. The number of unbranched alkanes of at least 4 members (excludes halogenated alkanes) is 2. The van der Waals surface area contributed by atoms with Crippen LogP contribution in [0.3, 0.4) is 0 Å². The molecule has 0 aromatic heterocycles. The summed E-state index contributed by atoms with van der Waals surface area (Å²) in [4.78, 5) is 0. The summed E-state index contributed by atoms with van der Waals surface area (Å²) in [6.45, 7) is 41.4. The van der Waals surface area contributed by atoms with E-state index in [1.54, 1.807) is 0 Å². The van der Waals surface area contributed by atoms with Gasteiger partial charge in [0.15, 0.2) is 0 Å². The van der Waals surface area contributed by atoms with Crippen molar-refractivity contribution in [2.45, 2.75) is 484 Å². The van der Waals surface area contributed by atoms with Crippen LogP contribution >= 0.6 is 0 Å². The standard InChI is InChI=1S/C96H170O10/c1-17-22-60-100-78-40-28-50-90(64-78,89(57-58-89)87(74-35-24-36-74)48-27-38-76(63-87)102-68-70(6)7)91(51-31-42-80(67-91)104-72(10)11)96(56-34-47-85(96)106-86(13,14)15)93(53-30-41-79(66-93)99-59-19-3)95(55-33-46-84(95)105-73(12)20-4)92(52-29-39-77(65-92)98-21-5)94(54-32-45-83(94)103-69-71(8)9)88(49-26-37-75(62-88)97-16)81-43-25-44-82(81)101-61-23-18-2/h70-85H,17-69H2,1-16H3. The minimum Gasteiger partial charge on any atom is -0.381 e. The molecule has 0 spiro atoms. The molecule has 0 N–H and O–H groups in total. The lowest BCUT2D eigenvalue weighted by molar-refractivity contribution is -0.377. The van der Waals surface area contributed by atoms with Gasteiger partial charge in [0.25, 0.3) is 0 Å². The van der Waals surface area contributed by atoms with E-state index in [0.717, 1.165) is 155 Å². The molecule has 21 unspecified atom stereocenters. The van der Waals surface area contributed by atoms with Gasteiger partial charge in [-0.15, -0.1) is 0 Å². The van der Waals surface area contributed by atoms with Gasteiger partial charge in [-0.3, -0.25) is 0 Å². The quantitative estimate of drug-likeness (QED) is 0.0560. The molecular formula is C96H170O10. The lowest BCUT2D eigenvalue weighted by Gasteiger charge is -2.81. The molecule has 614 valence electrons. The van der Waals surface area contributed by atoms with E-state index in [2.05, 4.69) is 111 Å². The lowest BCUT2D eigenvalue weighted by atomic mass is 9.23. The highest BCUT2D eigenvalue weighted by Gasteiger charge is 2.89. The van der Waals surface area contributed by atoms with Crippen LogP contribution in [0.25, 0.3) is 0 Å². The van der Waals surface area contributed by atoms with E-state index in [-0.39, 0.29) is 121 Å². The Morgan fingerprint density at radius 2 is 0.840 bits per heavy atom. The number of hydrogen-bond donors (Lipinski definition) is 0. The van der Waals surface area contributed by atoms with Crippen LogP contribution in [-0.2, 0) is 47.4 Å². The van der Waals surface area contributed by atoms with Crippen LogP contribution in [0.2, 0.25) is 0 Å². The van der Waals surface area contributed by atoms with E-state index < -0.39 is 5.60 Å². The minimum absolute atomic E-state index is 0.0164. The first kappa shape index (κ1) is 85.0. The van der Waals surface area contributed by atoms with Gasteiger partial charge in [0.2, 0.25) is 0 Å². The van der Waals surface area contributed by atoms with Crippen molar-refractivity contribution in [2.24, 2.45) is 77.8 Å². The maximum Gasteiger partial charge on any atom is 0.0649 e. The number of rotatable bonds is 37. The monoisotopic (exact) mass is 1480 g/mol. The van der Waals surface area contributed by atoms with Crippen LogP contribution in [0.4, 0.5) is 0 Å². The van der Waals surface area contributed by atoms with Crippen molar-refractivity contribution in [3.8, 4) is 0 Å². The fourth-order valence-corrected chi connectivity index (χ4v) is 31.2. The van der Waals surface area contributed by atoms with Gasteiger partial charge < -0.3 is 47.4 Å². The Kier molecular flexibility index (Phi) is 28.9. The Hall–Kier alpha value is -0.400. The Morgan fingerprint density at radius 1 is 0.358 bits per heavy atom. The lowest BCUT2D eigenvalue weighted by Crippen LogP contribution is -2.79. The average Bonchev–Trinajstić information content (AvgIpc) is 1.28. The van der Waals surface area contributed by atoms with Gasteiger partial charge in [-0.2, -0.15) is 0 Å². The van der Waals surface area contributed by atoms with Crippen LogP contribution in [0.5, 0.6) is 0 Å². The highest BCUT2D eigenvalue weighted by molar-refractivity contribution is 5.36. The van der Waals surface area contributed by atoms with E-state index in [0.29, 0.717) is 23.9 Å². The minimum atomic E-state index is -0.394. The summed E-state index contributed by atoms with van der Waals surface area (Å²) in [5, 5.41) is 0. The van der Waals surface area contributed by atoms with Gasteiger partial charge >= 0.3 is 0 Å². The van der Waals surface area contributed by atoms with E-state index in [1.165, 1.54) is 193 Å². The van der Waals surface area contributed by atoms with Crippen molar-refractivity contribution in [1.29, 1.82) is 0 Å². The summed E-state index contributed by atoms with van der Waals surface area (Å²) in [5.74, 6) is 2.06. The zero-order chi connectivity index (χ0) is 75.3. The van der Waals surface area contributed by atoms with Crippen molar-refractivity contribution in [2.75, 3.05) is 46.8 Å². The molecular weight excluding hydrogens is 1310 g/mol. The second-order valence-corrected chi connectivity index (χ2v) is 41.5. The van der Waals surface area contributed by atoms with Gasteiger partial charge in [0.05, 0.1) is 78.8 Å². The van der Waals surface area contributed by atoms with Crippen LogP contribution in [-0.4, -0.2) is 126 Å². The summed E-state index contributed by atoms with van der Waals surface area (Å²) in [5.41, 5.74) is -2.10. The molecule has 12 saturated carbocycles. The van der Waals surface area contributed by atoms with Gasteiger partial charge in [-0.05, 0) is 328 Å². The Labute approximate surface area is 652 Å². The van der Waals surface area contributed by atoms with E-state index in [9.17, 15) is 0 Å². The van der Waals surface area contributed by atoms with Gasteiger partial charge in [0, 0.05) is 63.0 Å². The SMILES string of the molecule is CCCCOC1CCCC(C2(C3(C4CCC4)CCCC(OCC(C)C)C3)CC2)(C2(C3(C4(C5(C6(C7(C8(C9CCCC9OCCCC)CCCC(OC)C8)CCCC7OCC(C)C)CCCC(OCC)C6)CCCC5OC(C)CC)CCCC(OCCC)C4)CCCC3OC(C)(C)C)CCCC(OC(C)C)C2)C1. The molecule has 106 heavy (non-hydrogen) atoms. The summed E-state index contributed by atoms with van der Waals surface area (Å²) >= 11 is 0. The molecule has 12 aliphatic carbocycles. The van der Waals surface area contributed by atoms with Gasteiger partial charge in [-0.1, -0.05) is 139 Å². The molecule has 12 aliphatic rings. The number of hydrogen-bond acceptors (Lipinski definition) is 10. The molecule has 0 aromatic carbocycles. The summed E-state index contributed by atoms with van der Waals surface area (Å²) in [7, 11) is 2.11. The third kappa shape index (κ3) is 15.1. The van der Waals surface area contributed by atoms with E-state index >= 15 is 0 Å². The normalized spacial score (nSPS) is 42.9. The Balaban J connectivity index is 1.29. The Morgan fingerprint density at radius 3 is 1.42 bits per heavy atom. The van der Waals surface area contributed by atoms with Crippen molar-refractivity contribution in [1.82, 2.24) is 0 Å². The molecule has 21 atom stereocenters. The fraction of sp³-hybridized carbons (Fsp3) is 1.00. The van der Waals surface area contributed by atoms with Gasteiger partial charge in [-0.25, -0.2) is 0 Å². The fourth-order valence-electron chi connectivity index (χ4n) is 31.2. The van der Waals surface area contributed by atoms with Crippen molar-refractivity contribution in [3.63, 3.8) is 0 Å². The number of ether oxygens (including phenoxy) is 10. The summed E-state index contributed by atoms with van der Waals surface area (Å²) < 4.78 is 80.2. The summed E-state index contributed by atoms with van der Waals surface area (Å²) in [6.07, 6.45) is 57.9. The van der Waals surface area contributed by atoms with Crippen molar-refractivity contribution >= 4 is 0 Å². The first-order valence-corrected chi connectivity index (χ1v) is 47.3. The maximum atomic E-state index is 8.91. The van der Waals surface area contributed by atoms with Crippen LogP contribution in [0.1, 0.15) is 406 Å². The molecule has 0 radical (unpaired) electrons. The largest absolute Gasteiger partial charge is 0.381 e. The molecule has 0 bridgehead atoms. The predicted molar refractivity (Wildman–Crippen MR) is 435 cm³/mol.